The van der Waals surface area contributed by atoms with Crippen LogP contribution in [0.3, 0.4) is 0 Å². The van der Waals surface area contributed by atoms with Gasteiger partial charge >= 0.3 is 18.2 Å². The van der Waals surface area contributed by atoms with Crippen molar-refractivity contribution in [3.8, 4) is 0 Å². The Morgan fingerprint density at radius 2 is 1.80 bits per heavy atom. The van der Waals surface area contributed by atoms with Crippen LogP contribution in [0.25, 0.3) is 10.9 Å². The summed E-state index contributed by atoms with van der Waals surface area (Å²) in [6.45, 7) is 2.98. The van der Waals surface area contributed by atoms with E-state index in [0.29, 0.717) is 19.0 Å². The van der Waals surface area contributed by atoms with Crippen molar-refractivity contribution < 1.29 is 32.7 Å². The molecule has 0 spiro atoms. The second kappa shape index (κ2) is 12.0. The smallest absolute Gasteiger partial charge is 0.475 e. The third-order valence-corrected chi connectivity index (χ3v) is 7.34. The first-order chi connectivity index (χ1) is 18.9. The van der Waals surface area contributed by atoms with Crippen molar-refractivity contribution in [2.45, 2.75) is 43.9 Å². The zero-order chi connectivity index (χ0) is 29.0. The molecule has 12 heteroatoms. The lowest BCUT2D eigenvalue weighted by Gasteiger charge is -2.22. The number of aliphatic carboxylic acids is 1. The second-order valence-corrected chi connectivity index (χ2v) is 10.1. The van der Waals surface area contributed by atoms with E-state index in [1.807, 2.05) is 29.2 Å². The zero-order valence-electron chi connectivity index (χ0n) is 22.0. The molecule has 1 aromatic heterocycles. The Bertz CT molecular complexity index is 1390. The van der Waals surface area contributed by atoms with Gasteiger partial charge in [-0.1, -0.05) is 30.3 Å². The number of nitrogens with zero attached hydrogens (tertiary/aromatic N) is 3. The summed E-state index contributed by atoms with van der Waals surface area (Å²) < 4.78 is 33.9. The Morgan fingerprint density at radius 3 is 2.50 bits per heavy atom. The topological polar surface area (TPSA) is 121 Å². The monoisotopic (exact) mass is 559 g/mol. The van der Waals surface area contributed by atoms with Gasteiger partial charge in [0.25, 0.3) is 0 Å². The molecule has 5 rings (SSSR count). The number of aromatic nitrogens is 1. The quantitative estimate of drug-likeness (QED) is 0.431. The predicted octanol–water partition coefficient (Wildman–Crippen LogP) is 4.28. The predicted molar refractivity (Wildman–Crippen MR) is 144 cm³/mol. The Morgan fingerprint density at radius 1 is 1.07 bits per heavy atom. The van der Waals surface area contributed by atoms with E-state index >= 15 is 0 Å². The number of urea groups is 1. The number of alkyl halides is 3. The molecule has 0 aliphatic carbocycles. The number of carboxylic acids is 1. The fourth-order valence-corrected chi connectivity index (χ4v) is 5.42. The molecular formula is C28H32F3N5O4. The van der Waals surface area contributed by atoms with Crippen LogP contribution in [0.1, 0.15) is 36.3 Å². The van der Waals surface area contributed by atoms with E-state index < -0.39 is 12.1 Å². The van der Waals surface area contributed by atoms with Gasteiger partial charge in [-0.25, -0.2) is 9.59 Å². The highest BCUT2D eigenvalue weighted by Gasteiger charge is 2.38. The highest BCUT2D eigenvalue weighted by Crippen LogP contribution is 2.33. The number of aryl methyl sites for hydroxylation is 1. The van der Waals surface area contributed by atoms with Crippen molar-refractivity contribution in [3.05, 3.63) is 65.9 Å². The van der Waals surface area contributed by atoms with Crippen molar-refractivity contribution in [2.24, 2.45) is 12.8 Å². The van der Waals surface area contributed by atoms with Crippen LogP contribution in [0, 0.1) is 0 Å². The number of primary amides is 1. The fraction of sp³-hybridized carbons (Fsp3) is 0.393. The minimum absolute atomic E-state index is 0.0638. The highest BCUT2D eigenvalue weighted by molar-refractivity contribution is 5.90. The molecule has 40 heavy (non-hydrogen) atoms. The van der Waals surface area contributed by atoms with Gasteiger partial charge in [-0.05, 0) is 55.1 Å². The summed E-state index contributed by atoms with van der Waals surface area (Å²) in [5.74, 6) is -2.67. The van der Waals surface area contributed by atoms with Gasteiger partial charge < -0.3 is 25.6 Å². The number of rotatable bonds is 5. The molecule has 2 atom stereocenters. The van der Waals surface area contributed by atoms with Gasteiger partial charge in [0.15, 0.2) is 0 Å². The third-order valence-electron chi connectivity index (χ3n) is 7.34. The maximum absolute atomic E-state index is 13.0. The summed E-state index contributed by atoms with van der Waals surface area (Å²) in [7, 11) is 2.08. The van der Waals surface area contributed by atoms with E-state index in [1.165, 1.54) is 16.5 Å². The van der Waals surface area contributed by atoms with Crippen LogP contribution in [-0.2, 0) is 23.2 Å². The summed E-state index contributed by atoms with van der Waals surface area (Å²) in [6, 6.07) is 16.1. The Labute approximate surface area is 229 Å². The van der Waals surface area contributed by atoms with Crippen molar-refractivity contribution in [1.82, 2.24) is 14.4 Å². The molecule has 3 amide bonds. The molecule has 2 aliphatic heterocycles. The van der Waals surface area contributed by atoms with E-state index in [9.17, 15) is 22.8 Å². The summed E-state index contributed by atoms with van der Waals surface area (Å²) in [5, 5.41) is 11.5. The van der Waals surface area contributed by atoms with E-state index in [1.54, 1.807) is 0 Å². The minimum Gasteiger partial charge on any atom is -0.475 e. The summed E-state index contributed by atoms with van der Waals surface area (Å²) >= 11 is 0. The maximum Gasteiger partial charge on any atom is 0.490 e. The molecule has 2 saturated heterocycles. The molecule has 3 aromatic rings. The average Bonchev–Trinajstić information content (AvgIpc) is 3.64. The number of anilines is 1. The lowest BCUT2D eigenvalue weighted by atomic mass is 9.98. The van der Waals surface area contributed by atoms with E-state index in [0.717, 1.165) is 43.6 Å². The van der Waals surface area contributed by atoms with Crippen molar-refractivity contribution >= 4 is 34.5 Å². The molecular weight excluding hydrogens is 527 g/mol. The van der Waals surface area contributed by atoms with Crippen LogP contribution in [0.5, 0.6) is 0 Å². The van der Waals surface area contributed by atoms with Crippen LogP contribution in [0.15, 0.2) is 54.7 Å². The van der Waals surface area contributed by atoms with Crippen molar-refractivity contribution in [3.63, 3.8) is 0 Å². The van der Waals surface area contributed by atoms with Gasteiger partial charge in [0.05, 0.1) is 6.04 Å². The molecule has 0 radical (unpaired) electrons. The largest absolute Gasteiger partial charge is 0.490 e. The van der Waals surface area contributed by atoms with Crippen LogP contribution >= 0.6 is 0 Å². The molecule has 2 fully saturated rings. The summed E-state index contributed by atoms with van der Waals surface area (Å²) in [4.78, 5) is 37.6. The number of benzene rings is 2. The number of hydrogen-bond acceptors (Lipinski definition) is 4. The molecule has 4 N–H and O–H groups in total. The molecule has 2 aromatic carbocycles. The first-order valence-corrected chi connectivity index (χ1v) is 13.0. The normalized spacial score (nSPS) is 19.4. The van der Waals surface area contributed by atoms with Gasteiger partial charge in [0.1, 0.15) is 0 Å². The summed E-state index contributed by atoms with van der Waals surface area (Å²) in [5.41, 5.74) is 9.94. The highest BCUT2D eigenvalue weighted by atomic mass is 19.4. The van der Waals surface area contributed by atoms with Gasteiger partial charge in [-0.15, -0.1) is 0 Å². The molecule has 3 heterocycles. The van der Waals surface area contributed by atoms with E-state index in [4.69, 9.17) is 15.6 Å². The van der Waals surface area contributed by atoms with Crippen LogP contribution in [0.2, 0.25) is 0 Å². The van der Waals surface area contributed by atoms with E-state index in [-0.39, 0.29) is 18.0 Å². The zero-order valence-corrected chi connectivity index (χ0v) is 22.0. The lowest BCUT2D eigenvalue weighted by molar-refractivity contribution is -0.192. The summed E-state index contributed by atoms with van der Waals surface area (Å²) in [6.07, 6.45) is -0.113. The Balaban J connectivity index is 0.000000470. The third kappa shape index (κ3) is 6.74. The molecule has 2 aliphatic rings. The van der Waals surface area contributed by atoms with E-state index in [2.05, 4.69) is 52.3 Å². The van der Waals surface area contributed by atoms with Crippen LogP contribution in [0.4, 0.5) is 23.7 Å². The second-order valence-electron chi connectivity index (χ2n) is 10.1. The first kappa shape index (κ1) is 28.9. The van der Waals surface area contributed by atoms with Gasteiger partial charge in [-0.2, -0.15) is 13.2 Å². The Hall–Kier alpha value is -4.06. The molecule has 0 bridgehead atoms. The number of para-hydroxylation sites is 1. The number of hydrogen-bond donors (Lipinski definition) is 3. The molecule has 0 saturated carbocycles. The average molecular weight is 560 g/mol. The lowest BCUT2D eigenvalue weighted by Crippen LogP contribution is -2.39. The number of fused-ring (bicyclic) bond motifs is 1. The fourth-order valence-electron chi connectivity index (χ4n) is 5.42. The van der Waals surface area contributed by atoms with Crippen molar-refractivity contribution in [1.29, 1.82) is 0 Å². The number of carbonyl (C=O) groups excluding carboxylic acids is 2. The molecule has 214 valence electrons. The van der Waals surface area contributed by atoms with Gasteiger partial charge in [0, 0.05) is 55.4 Å². The number of halogens is 3. The standard InChI is InChI=1S/C26H31N5O2.C2HF3O2/c1-29-17-22(21-8-2-3-9-23(21)29)19-11-13-31(16-19)26(33)28-20-7-4-6-18(14-20)15-30-12-5-10-24(30)25(27)32;3-2(4,5)1(6)7/h2-4,6-9,14,17,19,24H,5,10-13,15-16H2,1H3,(H2,27,32)(H,28,33);(H,6,7). The Kier molecular flexibility index (Phi) is 8.67. The van der Waals surface area contributed by atoms with Gasteiger partial charge in [-0.3, -0.25) is 9.69 Å². The number of nitrogens with two attached hydrogens (primary N) is 1. The number of amides is 3. The molecule has 9 nitrogen and oxygen atoms in total. The number of carbonyl (C=O) groups is 3. The first-order valence-electron chi connectivity index (χ1n) is 13.0. The molecule has 2 unspecified atom stereocenters. The van der Waals surface area contributed by atoms with Gasteiger partial charge in [0.2, 0.25) is 5.91 Å². The number of likely N-dealkylation sites (tertiary alicyclic amines) is 2. The van der Waals surface area contributed by atoms with Crippen LogP contribution in [-0.4, -0.2) is 69.2 Å². The maximum atomic E-state index is 13.0. The minimum atomic E-state index is -5.08. The number of nitrogens with one attached hydrogen (secondary N) is 1. The SMILES string of the molecule is Cn1cc(C2CCN(C(=O)Nc3cccc(CN4CCCC4C(N)=O)c3)C2)c2ccccc21.O=C(O)C(F)(F)F. The van der Waals surface area contributed by atoms with Crippen molar-refractivity contribution in [2.75, 3.05) is 25.0 Å². The number of carboxylic acid groups (broad SMARTS) is 1. The van der Waals surface area contributed by atoms with Crippen LogP contribution < -0.4 is 11.1 Å².